The number of rotatable bonds is 1. The average Bonchev–Trinajstić information content (AvgIpc) is 1.65. The summed E-state index contributed by atoms with van der Waals surface area (Å²) in [5.74, 6) is -0.347. The van der Waals surface area contributed by atoms with Crippen LogP contribution >= 0.6 is 0 Å². The monoisotopic (exact) mass is 239 g/mol. The molecule has 0 spiro atoms. The summed E-state index contributed by atoms with van der Waals surface area (Å²) in [6.07, 6.45) is 0. The van der Waals surface area contributed by atoms with E-state index in [4.69, 9.17) is 0 Å². The minimum atomic E-state index is -0.347. The van der Waals surface area contributed by atoms with E-state index in [2.05, 4.69) is 11.3 Å². The maximum Gasteiger partial charge on any atom is 0.332 e. The van der Waals surface area contributed by atoms with Gasteiger partial charge in [0.2, 0.25) is 0 Å². The van der Waals surface area contributed by atoms with E-state index in [0.717, 1.165) is 0 Å². The summed E-state index contributed by atoms with van der Waals surface area (Å²) in [6.45, 7) is 4.95. The number of ether oxygens (including phenoxy) is 1. The Balaban J connectivity index is 0. The third-order valence-electron chi connectivity index (χ3n) is 0.534. The Morgan fingerprint density at radius 2 is 2.00 bits per heavy atom. The second-order valence-corrected chi connectivity index (χ2v) is 1.27. The number of carbonyl (C=O) groups is 1. The van der Waals surface area contributed by atoms with Gasteiger partial charge in [-0.05, 0) is 6.92 Å². The van der Waals surface area contributed by atoms with Gasteiger partial charge in [0.1, 0.15) is 0 Å². The molecule has 0 aliphatic carbocycles. The van der Waals surface area contributed by atoms with Crippen LogP contribution in [0.25, 0.3) is 0 Å². The van der Waals surface area contributed by atoms with E-state index in [1.807, 2.05) is 0 Å². The van der Waals surface area contributed by atoms with Crippen molar-refractivity contribution < 1.29 is 45.1 Å². The van der Waals surface area contributed by atoms with Gasteiger partial charge < -0.3 is 4.74 Å². The van der Waals surface area contributed by atoms with Crippen molar-refractivity contribution in [3.05, 3.63) is 12.2 Å². The summed E-state index contributed by atoms with van der Waals surface area (Å²) in [4.78, 5) is 10.2. The predicted octanol–water partition coefficient (Wildman–Crippen LogP) is 0.736. The first-order valence-electron chi connectivity index (χ1n) is 1.92. The molecule has 43 valence electrons. The van der Waals surface area contributed by atoms with Crippen LogP contribution in [-0.4, -0.2) is 13.1 Å². The van der Waals surface area contributed by atoms with Crippen molar-refractivity contribution in [2.45, 2.75) is 6.92 Å². The molecule has 0 aromatic rings. The Morgan fingerprint density at radius 1 is 1.62 bits per heavy atom. The molecule has 2 nitrogen and oxygen atoms in total. The first-order valence-corrected chi connectivity index (χ1v) is 1.92. The molecule has 0 unspecified atom stereocenters. The Morgan fingerprint density at radius 3 is 2.00 bits per heavy atom. The van der Waals surface area contributed by atoms with E-state index in [1.54, 1.807) is 6.92 Å². The second-order valence-electron chi connectivity index (χ2n) is 1.27. The summed E-state index contributed by atoms with van der Waals surface area (Å²) in [5, 5.41) is 0. The Bertz CT molecular complexity index is 98.6. The molecule has 0 saturated carbocycles. The van der Waals surface area contributed by atoms with Gasteiger partial charge in [0.05, 0.1) is 7.11 Å². The fourth-order valence-corrected chi connectivity index (χ4v) is 0.174. The molecule has 0 aromatic carbocycles. The van der Waals surface area contributed by atoms with E-state index in [0.29, 0.717) is 5.57 Å². The number of hydrogen-bond donors (Lipinski definition) is 0. The van der Waals surface area contributed by atoms with E-state index < -0.39 is 0 Å². The van der Waals surface area contributed by atoms with Gasteiger partial charge in [0.25, 0.3) is 0 Å². The number of esters is 1. The van der Waals surface area contributed by atoms with Crippen LogP contribution in [0.1, 0.15) is 6.92 Å². The summed E-state index contributed by atoms with van der Waals surface area (Å²) in [6, 6.07) is 0. The molecule has 8 heavy (non-hydrogen) atoms. The Kier molecular flexibility index (Phi) is 7.78. The standard InChI is InChI=1S/C5H8O2.La/c1-4(2)5(6)7-3;/h1H2,2-3H3;. The van der Waals surface area contributed by atoms with Crippen molar-refractivity contribution in [1.29, 1.82) is 0 Å². The van der Waals surface area contributed by atoms with E-state index >= 15 is 0 Å². The molecule has 1 radical (unpaired) electrons. The molecule has 0 aliphatic heterocycles. The number of methoxy groups -OCH3 is 1. The average molecular weight is 239 g/mol. The zero-order valence-electron chi connectivity index (χ0n) is 5.10. The number of carbonyl (C=O) groups excluding carboxylic acids is 1. The van der Waals surface area contributed by atoms with Gasteiger partial charge in [-0.25, -0.2) is 4.79 Å². The van der Waals surface area contributed by atoms with Gasteiger partial charge in [-0.15, -0.1) is 0 Å². The van der Waals surface area contributed by atoms with E-state index in [1.165, 1.54) is 7.11 Å². The van der Waals surface area contributed by atoms with Crippen LogP contribution in [0.4, 0.5) is 0 Å². The maximum atomic E-state index is 10.2. The van der Waals surface area contributed by atoms with Crippen LogP contribution in [0.15, 0.2) is 12.2 Å². The minimum absolute atomic E-state index is 0. The van der Waals surface area contributed by atoms with Gasteiger partial charge in [-0.2, -0.15) is 0 Å². The van der Waals surface area contributed by atoms with Crippen molar-refractivity contribution in [3.63, 3.8) is 0 Å². The van der Waals surface area contributed by atoms with Crippen molar-refractivity contribution in [1.82, 2.24) is 0 Å². The Labute approximate surface area is 76.9 Å². The normalized spacial score (nSPS) is 6.75. The van der Waals surface area contributed by atoms with Gasteiger partial charge >= 0.3 is 5.97 Å². The summed E-state index contributed by atoms with van der Waals surface area (Å²) >= 11 is 0. The molecule has 0 N–H and O–H groups in total. The smallest absolute Gasteiger partial charge is 0.332 e. The van der Waals surface area contributed by atoms with Crippen molar-refractivity contribution in [2.24, 2.45) is 0 Å². The topological polar surface area (TPSA) is 26.3 Å². The van der Waals surface area contributed by atoms with Gasteiger partial charge in [-0.3, -0.25) is 0 Å². The summed E-state index contributed by atoms with van der Waals surface area (Å²) < 4.78 is 4.27. The number of hydrogen-bond acceptors (Lipinski definition) is 2. The summed E-state index contributed by atoms with van der Waals surface area (Å²) in [7, 11) is 1.33. The van der Waals surface area contributed by atoms with Crippen molar-refractivity contribution in [3.8, 4) is 0 Å². The molecule has 3 heteroatoms. The largest absolute Gasteiger partial charge is 0.466 e. The molecule has 0 aliphatic rings. The fraction of sp³-hybridized carbons (Fsp3) is 0.400. The van der Waals surface area contributed by atoms with Crippen molar-refractivity contribution >= 4 is 5.97 Å². The van der Waals surface area contributed by atoms with E-state index in [-0.39, 0.29) is 41.6 Å². The van der Waals surface area contributed by atoms with Crippen molar-refractivity contribution in [2.75, 3.05) is 7.11 Å². The first-order chi connectivity index (χ1) is 3.18. The van der Waals surface area contributed by atoms with Gasteiger partial charge in [-0.1, -0.05) is 6.58 Å². The third kappa shape index (κ3) is 4.56. The zero-order valence-corrected chi connectivity index (χ0v) is 8.73. The molecule has 0 amide bonds. The molecule has 0 saturated heterocycles. The van der Waals surface area contributed by atoms with Crippen LogP contribution in [0, 0.1) is 35.6 Å². The maximum absolute atomic E-state index is 10.2. The molecular formula is C5H8LaO2. The van der Waals surface area contributed by atoms with E-state index in [9.17, 15) is 4.79 Å². The Hall–Kier alpha value is 0.405. The molecule has 0 aromatic heterocycles. The van der Waals surface area contributed by atoms with Crippen LogP contribution in [-0.2, 0) is 9.53 Å². The molecule has 0 bridgehead atoms. The first kappa shape index (κ1) is 11.2. The van der Waals surface area contributed by atoms with Gasteiger partial charge in [0.15, 0.2) is 0 Å². The summed E-state index contributed by atoms with van der Waals surface area (Å²) in [5.41, 5.74) is 0.433. The predicted molar refractivity (Wildman–Crippen MR) is 26.8 cm³/mol. The fourth-order valence-electron chi connectivity index (χ4n) is 0.174. The zero-order chi connectivity index (χ0) is 5.86. The third-order valence-corrected chi connectivity index (χ3v) is 0.534. The minimum Gasteiger partial charge on any atom is -0.466 e. The van der Waals surface area contributed by atoms with Crippen LogP contribution < -0.4 is 0 Å². The second kappa shape index (κ2) is 5.54. The molecule has 0 rings (SSSR count). The molecule has 0 fully saturated rings. The quantitative estimate of drug-likeness (QED) is 0.498. The molecular weight excluding hydrogens is 231 g/mol. The van der Waals surface area contributed by atoms with Gasteiger partial charge in [0, 0.05) is 41.2 Å². The molecule has 0 atom stereocenters. The SMILES string of the molecule is C=C(C)C(=O)OC.[La]. The van der Waals surface area contributed by atoms with Crippen LogP contribution in [0.3, 0.4) is 0 Å². The van der Waals surface area contributed by atoms with Crippen LogP contribution in [0.5, 0.6) is 0 Å². The molecule has 0 heterocycles. The van der Waals surface area contributed by atoms with Crippen LogP contribution in [0.2, 0.25) is 0 Å².